The third kappa shape index (κ3) is 4.74. The van der Waals surface area contributed by atoms with Gasteiger partial charge in [-0.2, -0.15) is 0 Å². The molecular weight excluding hydrogens is 360 g/mol. The van der Waals surface area contributed by atoms with E-state index in [2.05, 4.69) is 68.7 Å². The molecule has 0 spiro atoms. The van der Waals surface area contributed by atoms with Gasteiger partial charge in [-0.05, 0) is 41.7 Å². The molecule has 4 rings (SSSR count). The largest absolute Gasteiger partial charge is 0.488 e. The van der Waals surface area contributed by atoms with Crippen LogP contribution in [0.2, 0.25) is 0 Å². The maximum absolute atomic E-state index is 5.56. The highest BCUT2D eigenvalue weighted by atomic mass is 16.5. The summed E-state index contributed by atoms with van der Waals surface area (Å²) in [4.78, 5) is 10.8. The number of hydrogen-bond acceptors (Lipinski definition) is 5. The lowest BCUT2D eigenvalue weighted by atomic mass is 9.94. The first-order valence-corrected chi connectivity index (χ1v) is 10.4. The van der Waals surface area contributed by atoms with Crippen LogP contribution in [-0.4, -0.2) is 47.7 Å². The van der Waals surface area contributed by atoms with Crippen molar-refractivity contribution in [2.45, 2.75) is 19.8 Å². The summed E-state index contributed by atoms with van der Waals surface area (Å²) < 4.78 is 5.56. The minimum absolute atomic E-state index is 0.612. The number of anilines is 1. The van der Waals surface area contributed by atoms with E-state index in [9.17, 15) is 0 Å². The fourth-order valence-electron chi connectivity index (χ4n) is 3.88. The molecule has 5 heteroatoms. The standard InChI is InChI=1S/C24H28N4O/c1-2-29-23-17-25-18-27-24(23)26-13-6-14-28-15-11-20(12-16-28)22-10-5-8-19-7-3-4-9-21(19)22/h3-5,7-11,17-18H,2,6,12-16H2,1H3,(H,25,26,27). The van der Waals surface area contributed by atoms with Crippen molar-refractivity contribution in [1.82, 2.24) is 14.9 Å². The van der Waals surface area contributed by atoms with E-state index in [0.29, 0.717) is 6.61 Å². The van der Waals surface area contributed by atoms with Gasteiger partial charge >= 0.3 is 0 Å². The Bertz CT molecular complexity index is 980. The molecule has 1 aromatic heterocycles. The molecule has 0 radical (unpaired) electrons. The quantitative estimate of drug-likeness (QED) is 0.571. The number of nitrogens with zero attached hydrogens (tertiary/aromatic N) is 3. The minimum Gasteiger partial charge on any atom is -0.488 e. The molecule has 3 aromatic rings. The molecule has 0 saturated heterocycles. The summed E-state index contributed by atoms with van der Waals surface area (Å²) in [6.45, 7) is 6.63. The second-order valence-electron chi connectivity index (χ2n) is 7.26. The Labute approximate surface area is 172 Å². The van der Waals surface area contributed by atoms with Crippen molar-refractivity contribution in [2.24, 2.45) is 0 Å². The van der Waals surface area contributed by atoms with Crippen LogP contribution in [0.1, 0.15) is 25.3 Å². The molecule has 0 bridgehead atoms. The molecule has 0 saturated carbocycles. The summed E-state index contributed by atoms with van der Waals surface area (Å²) in [5.41, 5.74) is 2.86. The highest BCUT2D eigenvalue weighted by Crippen LogP contribution is 2.29. The van der Waals surface area contributed by atoms with Crippen LogP contribution in [0.5, 0.6) is 5.75 Å². The SMILES string of the molecule is CCOc1cncnc1NCCCN1CC=C(c2cccc3ccccc23)CC1. The molecule has 2 aromatic carbocycles. The molecule has 5 nitrogen and oxygen atoms in total. The zero-order valence-corrected chi connectivity index (χ0v) is 17.0. The lowest BCUT2D eigenvalue weighted by molar-refractivity contribution is 0.300. The van der Waals surface area contributed by atoms with Crippen LogP contribution in [0.3, 0.4) is 0 Å². The Balaban J connectivity index is 1.29. The molecule has 0 fully saturated rings. The van der Waals surface area contributed by atoms with Crippen LogP contribution < -0.4 is 10.1 Å². The fourth-order valence-corrected chi connectivity index (χ4v) is 3.88. The van der Waals surface area contributed by atoms with Gasteiger partial charge in [-0.15, -0.1) is 0 Å². The van der Waals surface area contributed by atoms with Crippen LogP contribution in [0.4, 0.5) is 5.82 Å². The molecule has 2 heterocycles. The van der Waals surface area contributed by atoms with Crippen molar-refractivity contribution in [3.8, 4) is 5.75 Å². The predicted molar refractivity (Wildman–Crippen MR) is 119 cm³/mol. The lowest BCUT2D eigenvalue weighted by Gasteiger charge is -2.27. The molecule has 1 aliphatic rings. The van der Waals surface area contributed by atoms with Gasteiger partial charge in [-0.1, -0.05) is 48.5 Å². The number of hydrogen-bond donors (Lipinski definition) is 1. The summed E-state index contributed by atoms with van der Waals surface area (Å²) in [5.74, 6) is 1.49. The average Bonchev–Trinajstić information content (AvgIpc) is 2.78. The molecule has 0 unspecified atom stereocenters. The minimum atomic E-state index is 0.612. The van der Waals surface area contributed by atoms with E-state index in [4.69, 9.17) is 4.74 Å². The average molecular weight is 389 g/mol. The number of nitrogens with one attached hydrogen (secondary N) is 1. The van der Waals surface area contributed by atoms with Crippen LogP contribution in [-0.2, 0) is 0 Å². The van der Waals surface area contributed by atoms with Crippen molar-refractivity contribution in [1.29, 1.82) is 0 Å². The summed E-state index contributed by atoms with van der Waals surface area (Å²) in [7, 11) is 0. The van der Waals surface area contributed by atoms with E-state index < -0.39 is 0 Å². The molecule has 1 N–H and O–H groups in total. The summed E-state index contributed by atoms with van der Waals surface area (Å²) in [6, 6.07) is 15.3. The maximum atomic E-state index is 5.56. The highest BCUT2D eigenvalue weighted by Gasteiger charge is 2.14. The smallest absolute Gasteiger partial charge is 0.179 e. The van der Waals surface area contributed by atoms with Gasteiger partial charge in [0.15, 0.2) is 11.6 Å². The molecule has 150 valence electrons. The Morgan fingerprint density at radius 2 is 2.03 bits per heavy atom. The first-order chi connectivity index (χ1) is 14.3. The maximum Gasteiger partial charge on any atom is 0.179 e. The van der Waals surface area contributed by atoms with Crippen LogP contribution >= 0.6 is 0 Å². The number of fused-ring (bicyclic) bond motifs is 1. The van der Waals surface area contributed by atoms with Crippen molar-refractivity contribution < 1.29 is 4.74 Å². The Kier molecular flexibility index (Phi) is 6.37. The van der Waals surface area contributed by atoms with Gasteiger partial charge in [-0.3, -0.25) is 4.90 Å². The second kappa shape index (κ2) is 9.52. The predicted octanol–water partition coefficient (Wildman–Crippen LogP) is 4.62. The van der Waals surface area contributed by atoms with Gasteiger partial charge < -0.3 is 10.1 Å². The van der Waals surface area contributed by atoms with Gasteiger partial charge in [0, 0.05) is 26.2 Å². The first-order valence-electron chi connectivity index (χ1n) is 10.4. The van der Waals surface area contributed by atoms with E-state index >= 15 is 0 Å². The van der Waals surface area contributed by atoms with Gasteiger partial charge in [0.05, 0.1) is 12.8 Å². The summed E-state index contributed by atoms with van der Waals surface area (Å²) >= 11 is 0. The number of rotatable bonds is 8. The molecule has 0 aliphatic carbocycles. The van der Waals surface area contributed by atoms with Gasteiger partial charge in [-0.25, -0.2) is 9.97 Å². The van der Waals surface area contributed by atoms with E-state index in [0.717, 1.165) is 50.6 Å². The van der Waals surface area contributed by atoms with E-state index in [-0.39, 0.29) is 0 Å². The highest BCUT2D eigenvalue weighted by molar-refractivity contribution is 5.94. The van der Waals surface area contributed by atoms with Crippen LogP contribution in [0, 0.1) is 0 Å². The monoisotopic (exact) mass is 388 g/mol. The van der Waals surface area contributed by atoms with Crippen molar-refractivity contribution >= 4 is 22.2 Å². The van der Waals surface area contributed by atoms with Gasteiger partial charge in [0.2, 0.25) is 0 Å². The molecular formula is C24H28N4O. The van der Waals surface area contributed by atoms with E-state index in [1.807, 2.05) is 6.92 Å². The van der Waals surface area contributed by atoms with E-state index in [1.54, 1.807) is 12.5 Å². The van der Waals surface area contributed by atoms with Crippen molar-refractivity contribution in [3.05, 3.63) is 66.6 Å². The third-order valence-electron chi connectivity index (χ3n) is 5.35. The zero-order valence-electron chi connectivity index (χ0n) is 17.0. The summed E-state index contributed by atoms with van der Waals surface area (Å²) in [6.07, 6.45) is 7.82. The molecule has 0 amide bonds. The van der Waals surface area contributed by atoms with Crippen LogP contribution in [0.15, 0.2) is 61.1 Å². The zero-order chi connectivity index (χ0) is 19.9. The van der Waals surface area contributed by atoms with Gasteiger partial charge in [0.25, 0.3) is 0 Å². The number of benzene rings is 2. The fraction of sp³-hybridized carbons (Fsp3) is 0.333. The third-order valence-corrected chi connectivity index (χ3v) is 5.35. The van der Waals surface area contributed by atoms with E-state index in [1.165, 1.54) is 21.9 Å². The Morgan fingerprint density at radius 3 is 2.90 bits per heavy atom. The lowest BCUT2D eigenvalue weighted by Crippen LogP contribution is -2.30. The normalized spacial score (nSPS) is 14.6. The number of aromatic nitrogens is 2. The Morgan fingerprint density at radius 1 is 1.14 bits per heavy atom. The molecule has 29 heavy (non-hydrogen) atoms. The molecule has 1 aliphatic heterocycles. The van der Waals surface area contributed by atoms with Crippen LogP contribution in [0.25, 0.3) is 16.3 Å². The topological polar surface area (TPSA) is 50.3 Å². The van der Waals surface area contributed by atoms with Crippen molar-refractivity contribution in [3.63, 3.8) is 0 Å². The summed E-state index contributed by atoms with van der Waals surface area (Å²) in [5, 5.41) is 6.04. The van der Waals surface area contributed by atoms with Gasteiger partial charge in [0.1, 0.15) is 6.33 Å². The molecule has 0 atom stereocenters. The number of ether oxygens (including phenoxy) is 1. The Hall–Kier alpha value is -2.92. The first kappa shape index (κ1) is 19.4. The second-order valence-corrected chi connectivity index (χ2v) is 7.26. The van der Waals surface area contributed by atoms with Crippen molar-refractivity contribution in [2.75, 3.05) is 38.1 Å².